The zero-order valence-corrected chi connectivity index (χ0v) is 18.0. The van der Waals surface area contributed by atoms with Gasteiger partial charge < -0.3 is 15.4 Å². The Morgan fingerprint density at radius 3 is 2.42 bits per heavy atom. The molecule has 2 amide bonds. The lowest BCUT2D eigenvalue weighted by Gasteiger charge is -2.26. The van der Waals surface area contributed by atoms with Crippen LogP contribution in [-0.4, -0.2) is 46.0 Å². The van der Waals surface area contributed by atoms with E-state index in [4.69, 9.17) is 10.5 Å². The number of carbonyl (C=O) groups is 3. The molecule has 2 aromatic rings. The largest absolute Gasteiger partial charge is 0.455 e. The molecule has 0 saturated carbocycles. The van der Waals surface area contributed by atoms with Gasteiger partial charge in [0.15, 0.2) is 6.61 Å². The Balaban J connectivity index is 1.93. The normalized spacial score (nSPS) is 10.5. The van der Waals surface area contributed by atoms with E-state index in [-0.39, 0.29) is 33.8 Å². The first-order chi connectivity index (χ1) is 14.7. The molecule has 31 heavy (non-hydrogen) atoms. The second-order valence-electron chi connectivity index (χ2n) is 6.85. The predicted octanol–water partition coefficient (Wildman–Crippen LogP) is 2.77. The van der Waals surface area contributed by atoms with Crippen LogP contribution in [0.1, 0.15) is 29.8 Å². The highest BCUT2D eigenvalue weighted by Crippen LogP contribution is 2.30. The molecule has 0 aliphatic rings. The summed E-state index contributed by atoms with van der Waals surface area (Å²) in [5.41, 5.74) is 5.76. The first kappa shape index (κ1) is 23.9. The summed E-state index contributed by atoms with van der Waals surface area (Å²) >= 11 is 0.880. The van der Waals surface area contributed by atoms with Crippen LogP contribution in [0.15, 0.2) is 53.4 Å². The molecule has 0 heterocycles. The number of rotatable bonds is 10. The molecule has 0 unspecified atom stereocenters. The van der Waals surface area contributed by atoms with Crippen LogP contribution in [-0.2, 0) is 20.9 Å². The van der Waals surface area contributed by atoms with Crippen molar-refractivity contribution >= 4 is 35.2 Å². The second kappa shape index (κ2) is 11.1. The maximum atomic E-state index is 12.5. The molecule has 0 atom stereocenters. The van der Waals surface area contributed by atoms with Gasteiger partial charge >= 0.3 is 5.97 Å². The zero-order chi connectivity index (χ0) is 23.0. The van der Waals surface area contributed by atoms with Crippen LogP contribution in [0.2, 0.25) is 0 Å². The van der Waals surface area contributed by atoms with E-state index in [1.54, 1.807) is 4.90 Å². The Hall–Kier alpha value is -3.40. The molecule has 10 heteroatoms. The smallest absolute Gasteiger partial charge is 0.316 e. The number of esters is 1. The summed E-state index contributed by atoms with van der Waals surface area (Å²) in [6.45, 7) is 3.70. The van der Waals surface area contributed by atoms with Gasteiger partial charge in [0, 0.05) is 24.2 Å². The minimum atomic E-state index is -0.789. The number of hydrogen-bond donors (Lipinski definition) is 1. The molecule has 0 saturated heterocycles. The van der Waals surface area contributed by atoms with Crippen molar-refractivity contribution < 1.29 is 24.0 Å². The molecule has 0 bridgehead atoms. The lowest BCUT2D eigenvalue weighted by atomic mass is 10.2. The fourth-order valence-corrected chi connectivity index (χ4v) is 3.48. The SMILES string of the molecule is CC(C)N(Cc1ccccc1)C(=O)COC(=O)CSc1ccc(C(N)=O)cc1[N+](=O)[O-]. The van der Waals surface area contributed by atoms with E-state index in [2.05, 4.69) is 0 Å². The summed E-state index contributed by atoms with van der Waals surface area (Å²) in [6, 6.07) is 13.1. The van der Waals surface area contributed by atoms with Crippen LogP contribution in [0.25, 0.3) is 0 Å². The summed E-state index contributed by atoms with van der Waals surface area (Å²) in [4.78, 5) is 48.1. The molecule has 0 aromatic heterocycles. The van der Waals surface area contributed by atoms with Crippen molar-refractivity contribution in [1.29, 1.82) is 0 Å². The van der Waals surface area contributed by atoms with Gasteiger partial charge in [0.05, 0.1) is 15.6 Å². The third-order valence-electron chi connectivity index (χ3n) is 4.28. The van der Waals surface area contributed by atoms with Gasteiger partial charge in [-0.1, -0.05) is 30.3 Å². The van der Waals surface area contributed by atoms with E-state index in [1.165, 1.54) is 12.1 Å². The predicted molar refractivity (Wildman–Crippen MR) is 115 cm³/mol. The first-order valence-electron chi connectivity index (χ1n) is 9.39. The van der Waals surface area contributed by atoms with E-state index in [0.29, 0.717) is 6.54 Å². The summed E-state index contributed by atoms with van der Waals surface area (Å²) in [7, 11) is 0. The molecule has 0 aliphatic carbocycles. The van der Waals surface area contributed by atoms with Gasteiger partial charge in [0.25, 0.3) is 11.6 Å². The van der Waals surface area contributed by atoms with E-state index < -0.39 is 23.4 Å². The number of nitro groups is 1. The number of primary amides is 1. The third kappa shape index (κ3) is 7.10. The number of nitro benzene ring substituents is 1. The average molecular weight is 445 g/mol. The molecular formula is C21H23N3O6S. The Morgan fingerprint density at radius 2 is 1.84 bits per heavy atom. The van der Waals surface area contributed by atoms with Crippen molar-refractivity contribution in [3.63, 3.8) is 0 Å². The van der Waals surface area contributed by atoms with Gasteiger partial charge in [-0.05, 0) is 31.5 Å². The zero-order valence-electron chi connectivity index (χ0n) is 17.1. The summed E-state index contributed by atoms with van der Waals surface area (Å²) in [6.07, 6.45) is 0. The molecule has 164 valence electrons. The van der Waals surface area contributed by atoms with E-state index in [9.17, 15) is 24.5 Å². The van der Waals surface area contributed by atoms with Gasteiger partial charge in [-0.15, -0.1) is 11.8 Å². The topological polar surface area (TPSA) is 133 Å². The number of nitrogens with two attached hydrogens (primary N) is 1. The lowest BCUT2D eigenvalue weighted by Crippen LogP contribution is -2.39. The molecule has 9 nitrogen and oxygen atoms in total. The highest BCUT2D eigenvalue weighted by molar-refractivity contribution is 8.00. The molecule has 0 fully saturated rings. The van der Waals surface area contributed by atoms with Crippen LogP contribution in [0.3, 0.4) is 0 Å². The summed E-state index contributed by atoms with van der Waals surface area (Å²) < 4.78 is 5.06. The number of hydrogen-bond acceptors (Lipinski definition) is 7. The van der Waals surface area contributed by atoms with Crippen LogP contribution in [0.5, 0.6) is 0 Å². The highest BCUT2D eigenvalue weighted by atomic mass is 32.2. The first-order valence-corrected chi connectivity index (χ1v) is 10.4. The van der Waals surface area contributed by atoms with Crippen molar-refractivity contribution in [3.8, 4) is 0 Å². The monoisotopic (exact) mass is 445 g/mol. The van der Waals surface area contributed by atoms with E-state index >= 15 is 0 Å². The Bertz CT molecular complexity index is 965. The van der Waals surface area contributed by atoms with Gasteiger partial charge in [-0.25, -0.2) is 0 Å². The molecule has 2 rings (SSSR count). The maximum Gasteiger partial charge on any atom is 0.316 e. The van der Waals surface area contributed by atoms with Gasteiger partial charge in [0.1, 0.15) is 0 Å². The number of nitrogens with zero attached hydrogens (tertiary/aromatic N) is 2. The molecule has 0 radical (unpaired) electrons. The standard InChI is InChI=1S/C21H23N3O6S/c1-14(2)23(11-15-6-4-3-5-7-15)19(25)12-30-20(26)13-31-18-9-8-16(21(22)27)10-17(18)24(28)29/h3-10,14H,11-13H2,1-2H3,(H2,22,27). The summed E-state index contributed by atoms with van der Waals surface area (Å²) in [5, 5.41) is 11.2. The fraction of sp³-hybridized carbons (Fsp3) is 0.286. The quantitative estimate of drug-likeness (QED) is 0.257. The molecule has 0 spiro atoms. The Kier molecular flexibility index (Phi) is 8.56. The Labute approximate surface area is 183 Å². The van der Waals surface area contributed by atoms with Crippen LogP contribution in [0, 0.1) is 10.1 Å². The third-order valence-corrected chi connectivity index (χ3v) is 5.32. The lowest BCUT2D eigenvalue weighted by molar-refractivity contribution is -0.387. The van der Waals surface area contributed by atoms with Crippen LogP contribution in [0.4, 0.5) is 5.69 Å². The fourth-order valence-electron chi connectivity index (χ4n) is 2.68. The highest BCUT2D eigenvalue weighted by Gasteiger charge is 2.21. The molecule has 2 aromatic carbocycles. The molecular weight excluding hydrogens is 422 g/mol. The van der Waals surface area contributed by atoms with Crippen LogP contribution < -0.4 is 5.73 Å². The van der Waals surface area contributed by atoms with Crippen molar-refractivity contribution in [3.05, 3.63) is 69.8 Å². The molecule has 0 aliphatic heterocycles. The number of thioether (sulfide) groups is 1. The van der Waals surface area contributed by atoms with Gasteiger partial charge in [-0.2, -0.15) is 0 Å². The van der Waals surface area contributed by atoms with E-state index in [1.807, 2.05) is 44.2 Å². The Morgan fingerprint density at radius 1 is 1.16 bits per heavy atom. The van der Waals surface area contributed by atoms with E-state index in [0.717, 1.165) is 23.4 Å². The summed E-state index contributed by atoms with van der Waals surface area (Å²) in [5.74, 6) is -2.04. The molecule has 2 N–H and O–H groups in total. The van der Waals surface area contributed by atoms with Crippen molar-refractivity contribution in [2.24, 2.45) is 5.73 Å². The van der Waals surface area contributed by atoms with Crippen molar-refractivity contribution in [1.82, 2.24) is 4.90 Å². The minimum absolute atomic E-state index is 0.00332. The minimum Gasteiger partial charge on any atom is -0.455 e. The number of benzene rings is 2. The van der Waals surface area contributed by atoms with Crippen LogP contribution >= 0.6 is 11.8 Å². The average Bonchev–Trinajstić information content (AvgIpc) is 2.74. The van der Waals surface area contributed by atoms with Gasteiger partial charge in [0.2, 0.25) is 5.91 Å². The van der Waals surface area contributed by atoms with Crippen molar-refractivity contribution in [2.75, 3.05) is 12.4 Å². The van der Waals surface area contributed by atoms with Crippen molar-refractivity contribution in [2.45, 2.75) is 31.3 Å². The van der Waals surface area contributed by atoms with Gasteiger partial charge in [-0.3, -0.25) is 24.5 Å². The number of ether oxygens (including phenoxy) is 1. The maximum absolute atomic E-state index is 12.5. The number of carbonyl (C=O) groups excluding carboxylic acids is 3. The number of amides is 2. The second-order valence-corrected chi connectivity index (χ2v) is 7.87.